The fourth-order valence-electron chi connectivity index (χ4n) is 2.78. The highest BCUT2D eigenvalue weighted by Crippen LogP contribution is 2.34. The lowest BCUT2D eigenvalue weighted by molar-refractivity contribution is 1.33. The van der Waals surface area contributed by atoms with E-state index in [-0.39, 0.29) is 0 Å². The molecule has 1 heteroatoms. The molecular formula is C17H18Si. The molecule has 0 aliphatic heterocycles. The molecule has 90 valence electrons. The third kappa shape index (κ3) is 1.85. The predicted octanol–water partition coefficient (Wildman–Crippen LogP) is 2.67. The second-order valence-corrected chi connectivity index (χ2v) is 6.16. The molecule has 1 aromatic carbocycles. The average molecular weight is 250 g/mol. The Kier molecular flexibility index (Phi) is 2.92. The van der Waals surface area contributed by atoms with E-state index in [4.69, 9.17) is 0 Å². The molecule has 0 aromatic heterocycles. The second kappa shape index (κ2) is 4.58. The van der Waals surface area contributed by atoms with Crippen molar-refractivity contribution in [2.75, 3.05) is 0 Å². The van der Waals surface area contributed by atoms with Gasteiger partial charge in [-0.3, -0.25) is 0 Å². The standard InChI is InChI=1S/C17H18Si/c1-12-16(18)11-10-15(13-6-2-3-7-13)17(12)14-8-4-5-9-14/h2-6,8,10-11H,7,9H2,1,18H3. The number of rotatable bonds is 2. The molecular weight excluding hydrogens is 232 g/mol. The first-order valence-corrected chi connectivity index (χ1v) is 7.59. The molecule has 2 aliphatic carbocycles. The van der Waals surface area contributed by atoms with E-state index in [2.05, 4.69) is 55.5 Å². The van der Waals surface area contributed by atoms with Gasteiger partial charge >= 0.3 is 0 Å². The maximum absolute atomic E-state index is 2.32. The average Bonchev–Trinajstić information content (AvgIpc) is 3.03. The van der Waals surface area contributed by atoms with Crippen LogP contribution in [0.4, 0.5) is 0 Å². The maximum Gasteiger partial charge on any atom is 0.0388 e. The first-order chi connectivity index (χ1) is 8.77. The molecule has 0 fully saturated rings. The summed E-state index contributed by atoms with van der Waals surface area (Å²) in [6.45, 7) is 2.28. The summed E-state index contributed by atoms with van der Waals surface area (Å²) in [6, 6.07) is 4.63. The summed E-state index contributed by atoms with van der Waals surface area (Å²) in [5.74, 6) is 0. The van der Waals surface area contributed by atoms with E-state index >= 15 is 0 Å². The van der Waals surface area contributed by atoms with Crippen LogP contribution in [0.25, 0.3) is 11.1 Å². The fourth-order valence-corrected chi connectivity index (χ4v) is 3.19. The smallest absolute Gasteiger partial charge is 0.0388 e. The monoisotopic (exact) mass is 250 g/mol. The molecule has 0 spiro atoms. The number of hydrogen-bond donors (Lipinski definition) is 0. The molecule has 3 rings (SSSR count). The minimum absolute atomic E-state index is 1.08. The normalized spacial score (nSPS) is 17.4. The molecule has 0 heterocycles. The van der Waals surface area contributed by atoms with E-state index in [1.54, 1.807) is 0 Å². The van der Waals surface area contributed by atoms with Crippen LogP contribution in [-0.4, -0.2) is 10.2 Å². The van der Waals surface area contributed by atoms with Crippen LogP contribution in [0.5, 0.6) is 0 Å². The Morgan fingerprint density at radius 1 is 0.944 bits per heavy atom. The Morgan fingerprint density at radius 3 is 2.22 bits per heavy atom. The quantitative estimate of drug-likeness (QED) is 0.708. The van der Waals surface area contributed by atoms with Gasteiger partial charge in [-0.1, -0.05) is 53.8 Å². The van der Waals surface area contributed by atoms with Crippen LogP contribution < -0.4 is 5.19 Å². The molecule has 18 heavy (non-hydrogen) atoms. The van der Waals surface area contributed by atoms with Crippen molar-refractivity contribution in [3.05, 3.63) is 65.3 Å². The lowest BCUT2D eigenvalue weighted by Gasteiger charge is -2.17. The highest BCUT2D eigenvalue weighted by Gasteiger charge is 2.16. The van der Waals surface area contributed by atoms with Gasteiger partial charge in [-0.05, 0) is 47.6 Å². The number of hydrogen-bond acceptors (Lipinski definition) is 0. The Labute approximate surface area is 112 Å². The van der Waals surface area contributed by atoms with Crippen molar-refractivity contribution >= 4 is 26.6 Å². The van der Waals surface area contributed by atoms with Crippen LogP contribution in [0, 0.1) is 6.92 Å². The molecule has 0 radical (unpaired) electrons. The minimum Gasteiger partial charge on any atom is -0.0801 e. The van der Waals surface area contributed by atoms with Crippen molar-refractivity contribution in [1.29, 1.82) is 0 Å². The van der Waals surface area contributed by atoms with Crippen LogP contribution >= 0.6 is 0 Å². The number of benzene rings is 1. The molecule has 0 bridgehead atoms. The molecule has 0 amide bonds. The highest BCUT2D eigenvalue weighted by atomic mass is 28.1. The summed E-state index contributed by atoms with van der Waals surface area (Å²) >= 11 is 0. The van der Waals surface area contributed by atoms with E-state index in [9.17, 15) is 0 Å². The van der Waals surface area contributed by atoms with Crippen LogP contribution in [-0.2, 0) is 0 Å². The fraction of sp³-hybridized carbons (Fsp3) is 0.176. The predicted molar refractivity (Wildman–Crippen MR) is 84.2 cm³/mol. The van der Waals surface area contributed by atoms with Crippen LogP contribution in [0.1, 0.15) is 29.5 Å². The van der Waals surface area contributed by atoms with Crippen LogP contribution in [0.3, 0.4) is 0 Å². The molecule has 0 N–H and O–H groups in total. The van der Waals surface area contributed by atoms with Gasteiger partial charge in [-0.15, -0.1) is 0 Å². The topological polar surface area (TPSA) is 0 Å². The van der Waals surface area contributed by atoms with Crippen molar-refractivity contribution in [3.8, 4) is 0 Å². The molecule has 0 saturated carbocycles. The van der Waals surface area contributed by atoms with Gasteiger partial charge in [-0.2, -0.15) is 0 Å². The molecule has 0 nitrogen and oxygen atoms in total. The lowest BCUT2D eigenvalue weighted by Crippen LogP contribution is -2.11. The Balaban J connectivity index is 2.16. The first-order valence-electron chi connectivity index (χ1n) is 6.59. The first kappa shape index (κ1) is 11.5. The van der Waals surface area contributed by atoms with Crippen molar-refractivity contribution in [2.24, 2.45) is 0 Å². The zero-order chi connectivity index (χ0) is 12.5. The minimum atomic E-state index is 1.08. The zero-order valence-corrected chi connectivity index (χ0v) is 13.0. The SMILES string of the molecule is Cc1c([SiH3])ccc(C2=CC=CC2)c1C1=CC=CC1. The summed E-state index contributed by atoms with van der Waals surface area (Å²) in [5, 5.41) is 1.52. The summed E-state index contributed by atoms with van der Waals surface area (Å²) < 4.78 is 0. The van der Waals surface area contributed by atoms with Crippen molar-refractivity contribution in [3.63, 3.8) is 0 Å². The summed E-state index contributed by atoms with van der Waals surface area (Å²) in [7, 11) is 1.13. The largest absolute Gasteiger partial charge is 0.0801 e. The van der Waals surface area contributed by atoms with Gasteiger partial charge < -0.3 is 0 Å². The molecule has 0 unspecified atom stereocenters. The van der Waals surface area contributed by atoms with Gasteiger partial charge in [0.05, 0.1) is 0 Å². The lowest BCUT2D eigenvalue weighted by atomic mass is 9.90. The summed E-state index contributed by atoms with van der Waals surface area (Å²) in [6.07, 6.45) is 15.5. The van der Waals surface area contributed by atoms with Crippen molar-refractivity contribution < 1.29 is 0 Å². The van der Waals surface area contributed by atoms with Gasteiger partial charge in [0.1, 0.15) is 0 Å². The van der Waals surface area contributed by atoms with Crippen LogP contribution in [0.15, 0.2) is 48.6 Å². The van der Waals surface area contributed by atoms with Crippen molar-refractivity contribution in [1.82, 2.24) is 0 Å². The van der Waals surface area contributed by atoms with Gasteiger partial charge in [0, 0.05) is 10.2 Å². The molecule has 0 saturated heterocycles. The second-order valence-electron chi connectivity index (χ2n) is 5.08. The molecule has 0 atom stereocenters. The van der Waals surface area contributed by atoms with E-state index < -0.39 is 0 Å². The highest BCUT2D eigenvalue weighted by molar-refractivity contribution is 6.33. The third-order valence-corrected chi connectivity index (χ3v) is 5.03. The van der Waals surface area contributed by atoms with E-state index in [0.717, 1.165) is 23.1 Å². The molecule has 1 aromatic rings. The number of allylic oxidation sites excluding steroid dienone is 8. The van der Waals surface area contributed by atoms with Gasteiger partial charge in [0.25, 0.3) is 0 Å². The van der Waals surface area contributed by atoms with Crippen molar-refractivity contribution in [2.45, 2.75) is 19.8 Å². The van der Waals surface area contributed by atoms with E-state index in [1.165, 1.54) is 33.0 Å². The Bertz CT molecular complexity index is 613. The Morgan fingerprint density at radius 2 is 1.61 bits per heavy atom. The zero-order valence-electron chi connectivity index (χ0n) is 11.0. The Hall–Kier alpha value is -1.60. The summed E-state index contributed by atoms with van der Waals surface area (Å²) in [4.78, 5) is 0. The molecule has 2 aliphatic rings. The third-order valence-electron chi connectivity index (χ3n) is 3.95. The summed E-state index contributed by atoms with van der Waals surface area (Å²) in [5.41, 5.74) is 7.35. The van der Waals surface area contributed by atoms with Crippen LogP contribution in [0.2, 0.25) is 0 Å². The van der Waals surface area contributed by atoms with E-state index in [0.29, 0.717) is 0 Å². The van der Waals surface area contributed by atoms with Gasteiger partial charge in [0.2, 0.25) is 0 Å². The van der Waals surface area contributed by atoms with E-state index in [1.807, 2.05) is 0 Å². The maximum atomic E-state index is 2.32. The van der Waals surface area contributed by atoms with Gasteiger partial charge in [-0.25, -0.2) is 0 Å². The van der Waals surface area contributed by atoms with Gasteiger partial charge in [0.15, 0.2) is 0 Å².